The van der Waals surface area contributed by atoms with E-state index in [2.05, 4.69) is 31.4 Å². The minimum atomic E-state index is -0.105. The second-order valence-electron chi connectivity index (χ2n) is 4.53. The molecule has 1 heterocycles. The first-order valence-corrected chi connectivity index (χ1v) is 6.87. The van der Waals surface area contributed by atoms with Crippen LogP contribution in [0.15, 0.2) is 28.7 Å². The summed E-state index contributed by atoms with van der Waals surface area (Å²) in [6.45, 7) is 5.63. The summed E-state index contributed by atoms with van der Waals surface area (Å²) in [5.41, 5.74) is 3.18. The Morgan fingerprint density at radius 2 is 2.05 bits per heavy atom. The second-order valence-corrected chi connectivity index (χ2v) is 5.38. The summed E-state index contributed by atoms with van der Waals surface area (Å²) < 4.78 is 0.989. The number of nitrogens with one attached hydrogen (secondary N) is 2. The zero-order valence-electron chi connectivity index (χ0n) is 11.1. The van der Waals surface area contributed by atoms with Gasteiger partial charge in [-0.15, -0.1) is 0 Å². The molecule has 100 valence electrons. The normalized spacial score (nSPS) is 12.2. The van der Waals surface area contributed by atoms with Crippen molar-refractivity contribution in [1.29, 1.82) is 0 Å². The lowest BCUT2D eigenvalue weighted by molar-refractivity contribution is 0.0938. The van der Waals surface area contributed by atoms with Crippen LogP contribution in [0.25, 0.3) is 0 Å². The largest absolute Gasteiger partial charge is 0.345 e. The fourth-order valence-corrected chi connectivity index (χ4v) is 2.69. The number of hydrogen-bond acceptors (Lipinski definition) is 2. The lowest BCUT2D eigenvalue weighted by atomic mass is 10.1. The van der Waals surface area contributed by atoms with E-state index >= 15 is 0 Å². The van der Waals surface area contributed by atoms with Crippen LogP contribution in [-0.2, 0) is 0 Å². The van der Waals surface area contributed by atoms with E-state index in [0.29, 0.717) is 11.3 Å². The molecule has 1 unspecified atom stereocenters. The first kappa shape index (κ1) is 13.8. The number of halogens is 1. The third kappa shape index (κ3) is 2.87. The highest BCUT2D eigenvalue weighted by molar-refractivity contribution is 9.10. The van der Waals surface area contributed by atoms with Crippen molar-refractivity contribution in [2.75, 3.05) is 0 Å². The Kier molecular flexibility index (Phi) is 4.04. The summed E-state index contributed by atoms with van der Waals surface area (Å²) >= 11 is 3.49. The van der Waals surface area contributed by atoms with Crippen LogP contribution in [0.4, 0.5) is 0 Å². The number of H-pyrrole nitrogens is 1. The molecule has 0 bridgehead atoms. The molecule has 19 heavy (non-hydrogen) atoms. The number of carbonyl (C=O) groups excluding carboxylic acids is 1. The van der Waals surface area contributed by atoms with Gasteiger partial charge in [-0.05, 0) is 32.4 Å². The molecule has 0 aliphatic rings. The van der Waals surface area contributed by atoms with Gasteiger partial charge in [0.2, 0.25) is 0 Å². The van der Waals surface area contributed by atoms with E-state index in [0.717, 1.165) is 15.7 Å². The van der Waals surface area contributed by atoms with Gasteiger partial charge in [0, 0.05) is 10.2 Å². The molecule has 0 aliphatic heterocycles. The molecule has 2 rings (SSSR count). The van der Waals surface area contributed by atoms with Crippen molar-refractivity contribution in [1.82, 2.24) is 15.5 Å². The fraction of sp³-hybridized carbons (Fsp3) is 0.286. The summed E-state index contributed by atoms with van der Waals surface area (Å²) in [4.78, 5) is 12.3. The molecule has 0 saturated carbocycles. The number of carbonyl (C=O) groups is 1. The predicted molar refractivity (Wildman–Crippen MR) is 78.1 cm³/mol. The Labute approximate surface area is 120 Å². The summed E-state index contributed by atoms with van der Waals surface area (Å²) in [7, 11) is 0. The smallest absolute Gasteiger partial charge is 0.255 e. The third-order valence-corrected chi connectivity index (χ3v) is 3.80. The van der Waals surface area contributed by atoms with Crippen molar-refractivity contribution in [2.45, 2.75) is 26.8 Å². The van der Waals surface area contributed by atoms with E-state index in [4.69, 9.17) is 0 Å². The SMILES string of the molecule is Cc1n[nH]c(C)c1C(=O)NC(C)c1ccccc1Br. The zero-order chi connectivity index (χ0) is 14.0. The molecule has 2 aromatic rings. The van der Waals surface area contributed by atoms with E-state index in [1.165, 1.54) is 0 Å². The van der Waals surface area contributed by atoms with Crippen LogP contribution in [0.1, 0.15) is 40.3 Å². The molecule has 1 atom stereocenters. The van der Waals surface area contributed by atoms with Crippen LogP contribution in [0.5, 0.6) is 0 Å². The van der Waals surface area contributed by atoms with Crippen LogP contribution in [-0.4, -0.2) is 16.1 Å². The maximum absolute atomic E-state index is 12.3. The standard InChI is InChI=1S/C14H16BrN3O/c1-8(11-6-4-5-7-12(11)15)16-14(19)13-9(2)17-18-10(13)3/h4-8H,1-3H3,(H,16,19)(H,17,18). The van der Waals surface area contributed by atoms with Gasteiger partial charge in [0.1, 0.15) is 0 Å². The average molecular weight is 322 g/mol. The van der Waals surface area contributed by atoms with Crippen LogP contribution < -0.4 is 5.32 Å². The Morgan fingerprint density at radius 1 is 1.37 bits per heavy atom. The van der Waals surface area contributed by atoms with Gasteiger partial charge in [-0.3, -0.25) is 9.89 Å². The van der Waals surface area contributed by atoms with Crippen molar-refractivity contribution < 1.29 is 4.79 Å². The Morgan fingerprint density at radius 3 is 2.63 bits per heavy atom. The molecule has 0 saturated heterocycles. The van der Waals surface area contributed by atoms with E-state index in [-0.39, 0.29) is 11.9 Å². The van der Waals surface area contributed by atoms with Gasteiger partial charge >= 0.3 is 0 Å². The van der Waals surface area contributed by atoms with E-state index in [9.17, 15) is 4.79 Å². The van der Waals surface area contributed by atoms with Gasteiger partial charge in [0.15, 0.2) is 0 Å². The average Bonchev–Trinajstić information content (AvgIpc) is 2.69. The Balaban J connectivity index is 2.18. The molecule has 2 N–H and O–H groups in total. The number of hydrogen-bond donors (Lipinski definition) is 2. The highest BCUT2D eigenvalue weighted by Gasteiger charge is 2.18. The van der Waals surface area contributed by atoms with Gasteiger partial charge in [0.25, 0.3) is 5.91 Å². The highest BCUT2D eigenvalue weighted by Crippen LogP contribution is 2.23. The molecule has 0 radical (unpaired) electrons. The molecule has 4 nitrogen and oxygen atoms in total. The first-order chi connectivity index (χ1) is 9.00. The van der Waals surface area contributed by atoms with Gasteiger partial charge < -0.3 is 5.32 Å². The van der Waals surface area contributed by atoms with Gasteiger partial charge in [-0.1, -0.05) is 34.1 Å². The van der Waals surface area contributed by atoms with Gasteiger partial charge in [0.05, 0.1) is 17.3 Å². The van der Waals surface area contributed by atoms with Crippen LogP contribution in [0, 0.1) is 13.8 Å². The van der Waals surface area contributed by atoms with Crippen LogP contribution >= 0.6 is 15.9 Å². The molecule has 0 fully saturated rings. The summed E-state index contributed by atoms with van der Waals surface area (Å²) in [5, 5.41) is 9.85. The van der Waals surface area contributed by atoms with Crippen molar-refractivity contribution in [3.63, 3.8) is 0 Å². The van der Waals surface area contributed by atoms with Crippen molar-refractivity contribution in [3.05, 3.63) is 51.3 Å². The molecule has 1 aromatic heterocycles. The monoisotopic (exact) mass is 321 g/mol. The molecule has 1 aromatic carbocycles. The number of nitrogens with zero attached hydrogens (tertiary/aromatic N) is 1. The molecule has 0 spiro atoms. The van der Waals surface area contributed by atoms with Crippen molar-refractivity contribution >= 4 is 21.8 Å². The molecule has 0 aliphatic carbocycles. The van der Waals surface area contributed by atoms with Crippen molar-refractivity contribution in [2.24, 2.45) is 0 Å². The molecule has 5 heteroatoms. The molecular weight excluding hydrogens is 306 g/mol. The van der Waals surface area contributed by atoms with E-state index in [1.807, 2.05) is 45.0 Å². The van der Waals surface area contributed by atoms with Crippen molar-refractivity contribution in [3.8, 4) is 0 Å². The minimum absolute atomic E-state index is 0.0724. The van der Waals surface area contributed by atoms with Gasteiger partial charge in [-0.2, -0.15) is 5.10 Å². The quantitative estimate of drug-likeness (QED) is 0.911. The van der Waals surface area contributed by atoms with E-state index < -0.39 is 0 Å². The predicted octanol–water partition coefficient (Wildman–Crippen LogP) is 3.28. The number of amides is 1. The molecule has 1 amide bonds. The maximum Gasteiger partial charge on any atom is 0.255 e. The number of rotatable bonds is 3. The zero-order valence-corrected chi connectivity index (χ0v) is 12.7. The second kappa shape index (κ2) is 5.57. The van der Waals surface area contributed by atoms with Crippen LogP contribution in [0.2, 0.25) is 0 Å². The fourth-order valence-electron chi connectivity index (χ4n) is 2.06. The minimum Gasteiger partial charge on any atom is -0.345 e. The van der Waals surface area contributed by atoms with Gasteiger partial charge in [-0.25, -0.2) is 0 Å². The lowest BCUT2D eigenvalue weighted by Gasteiger charge is -2.16. The first-order valence-electron chi connectivity index (χ1n) is 6.07. The Hall–Kier alpha value is -1.62. The molecular formula is C14H16BrN3O. The number of aromatic amines is 1. The summed E-state index contributed by atoms with van der Waals surface area (Å²) in [6, 6.07) is 7.79. The number of benzene rings is 1. The summed E-state index contributed by atoms with van der Waals surface area (Å²) in [5.74, 6) is -0.105. The Bertz CT molecular complexity index is 587. The summed E-state index contributed by atoms with van der Waals surface area (Å²) in [6.07, 6.45) is 0. The lowest BCUT2D eigenvalue weighted by Crippen LogP contribution is -2.27. The van der Waals surface area contributed by atoms with E-state index in [1.54, 1.807) is 0 Å². The highest BCUT2D eigenvalue weighted by atomic mass is 79.9. The number of aryl methyl sites for hydroxylation is 2. The maximum atomic E-state index is 12.3. The number of aromatic nitrogens is 2. The third-order valence-electron chi connectivity index (χ3n) is 3.07. The topological polar surface area (TPSA) is 57.8 Å². The van der Waals surface area contributed by atoms with Crippen LogP contribution in [0.3, 0.4) is 0 Å².